The lowest BCUT2D eigenvalue weighted by molar-refractivity contribution is -0.121. The Balaban J connectivity index is 2.13. The molecule has 0 fully saturated rings. The summed E-state index contributed by atoms with van der Waals surface area (Å²) in [6.07, 6.45) is 2.01. The molecular weight excluding hydrogens is 435 g/mol. The van der Waals surface area contributed by atoms with Gasteiger partial charge in [0.25, 0.3) is 0 Å². The number of carbonyl (C=O) groups is 1. The highest BCUT2D eigenvalue weighted by Gasteiger charge is 2.26. The van der Waals surface area contributed by atoms with Crippen molar-refractivity contribution in [2.75, 3.05) is 0 Å². The predicted molar refractivity (Wildman–Crippen MR) is 128 cm³/mol. The minimum atomic E-state index is -0.272. The molecule has 0 unspecified atom stereocenters. The second-order valence-corrected chi connectivity index (χ2v) is 10.5. The van der Waals surface area contributed by atoms with Gasteiger partial charge >= 0.3 is 0 Å². The van der Waals surface area contributed by atoms with E-state index in [9.17, 15) is 15.0 Å². The Labute approximate surface area is 194 Å². The fourth-order valence-corrected chi connectivity index (χ4v) is 3.66. The lowest BCUT2D eigenvalue weighted by atomic mass is 9.78. The molecule has 5 nitrogen and oxygen atoms in total. The van der Waals surface area contributed by atoms with Gasteiger partial charge in [-0.1, -0.05) is 76.9 Å². The van der Waals surface area contributed by atoms with Crippen LogP contribution in [0.15, 0.2) is 29.4 Å². The SMILES string of the molecule is CC(C)(C)c1cc(CCC(=O)N/N=C/c2cc(Cl)cc(Cl)c2O)cc(C(C)(C)C)c1O. The van der Waals surface area contributed by atoms with Crippen LogP contribution in [0.1, 0.15) is 70.2 Å². The monoisotopic (exact) mass is 464 g/mol. The van der Waals surface area contributed by atoms with Crippen molar-refractivity contribution in [2.45, 2.75) is 65.2 Å². The number of aromatic hydroxyl groups is 2. The van der Waals surface area contributed by atoms with Gasteiger partial charge in [0, 0.05) is 17.0 Å². The first-order chi connectivity index (χ1) is 14.2. The number of phenolic OH excluding ortho intramolecular Hbond substituents is 2. The normalized spacial score (nSPS) is 12.4. The Morgan fingerprint density at radius 2 is 1.52 bits per heavy atom. The third kappa shape index (κ3) is 6.62. The molecule has 0 radical (unpaired) electrons. The summed E-state index contributed by atoms with van der Waals surface area (Å²) in [5, 5.41) is 25.1. The van der Waals surface area contributed by atoms with Crippen LogP contribution in [0.5, 0.6) is 11.5 Å². The molecule has 1 amide bonds. The van der Waals surface area contributed by atoms with Crippen molar-refractivity contribution in [1.29, 1.82) is 0 Å². The molecule has 0 aromatic heterocycles. The maximum Gasteiger partial charge on any atom is 0.240 e. The maximum absolute atomic E-state index is 12.3. The van der Waals surface area contributed by atoms with E-state index in [4.69, 9.17) is 23.2 Å². The van der Waals surface area contributed by atoms with Gasteiger partial charge in [0.2, 0.25) is 5.91 Å². The van der Waals surface area contributed by atoms with Crippen molar-refractivity contribution in [2.24, 2.45) is 5.10 Å². The molecule has 0 saturated carbocycles. The van der Waals surface area contributed by atoms with Crippen LogP contribution in [0.25, 0.3) is 0 Å². The Bertz CT molecular complexity index is 968. The van der Waals surface area contributed by atoms with E-state index < -0.39 is 0 Å². The summed E-state index contributed by atoms with van der Waals surface area (Å²) in [5.74, 6) is -0.109. The summed E-state index contributed by atoms with van der Waals surface area (Å²) >= 11 is 11.8. The fraction of sp³-hybridized carbons (Fsp3) is 0.417. The molecule has 0 spiro atoms. The van der Waals surface area contributed by atoms with Crippen LogP contribution in [0.2, 0.25) is 10.0 Å². The number of aryl methyl sites for hydroxylation is 1. The number of carbonyl (C=O) groups excluding carboxylic acids is 1. The molecule has 0 bridgehead atoms. The number of halogens is 2. The number of nitrogens with zero attached hydrogens (tertiary/aromatic N) is 1. The Hall–Kier alpha value is -2.24. The molecule has 0 atom stereocenters. The van der Waals surface area contributed by atoms with Gasteiger partial charge in [-0.25, -0.2) is 5.43 Å². The van der Waals surface area contributed by atoms with E-state index in [1.807, 2.05) is 12.1 Å². The molecule has 31 heavy (non-hydrogen) atoms. The van der Waals surface area contributed by atoms with Crippen LogP contribution in [0, 0.1) is 0 Å². The maximum atomic E-state index is 12.3. The quantitative estimate of drug-likeness (QED) is 0.370. The Kier molecular flexibility index (Phi) is 7.66. The minimum Gasteiger partial charge on any atom is -0.507 e. The largest absolute Gasteiger partial charge is 0.507 e. The zero-order valence-electron chi connectivity index (χ0n) is 18.8. The van der Waals surface area contributed by atoms with Crippen molar-refractivity contribution >= 4 is 35.3 Å². The van der Waals surface area contributed by atoms with Crippen LogP contribution in [-0.2, 0) is 22.0 Å². The van der Waals surface area contributed by atoms with E-state index in [-0.39, 0.29) is 33.9 Å². The molecule has 0 aliphatic rings. The highest BCUT2D eigenvalue weighted by atomic mass is 35.5. The first-order valence-electron chi connectivity index (χ1n) is 10.1. The highest BCUT2D eigenvalue weighted by Crippen LogP contribution is 2.40. The van der Waals surface area contributed by atoms with Crippen molar-refractivity contribution < 1.29 is 15.0 Å². The van der Waals surface area contributed by atoms with Crippen LogP contribution in [0.3, 0.4) is 0 Å². The second kappa shape index (κ2) is 9.49. The average Bonchev–Trinajstić information content (AvgIpc) is 2.62. The smallest absolute Gasteiger partial charge is 0.240 e. The van der Waals surface area contributed by atoms with Gasteiger partial charge in [-0.2, -0.15) is 5.10 Å². The highest BCUT2D eigenvalue weighted by molar-refractivity contribution is 6.36. The molecule has 0 saturated heterocycles. The number of hydrogen-bond donors (Lipinski definition) is 3. The number of nitrogens with one attached hydrogen (secondary N) is 1. The average molecular weight is 465 g/mol. The molecule has 2 rings (SSSR count). The number of amides is 1. The van der Waals surface area contributed by atoms with Gasteiger partial charge in [0.15, 0.2) is 0 Å². The predicted octanol–water partition coefficient (Wildman–Crippen LogP) is 6.08. The summed E-state index contributed by atoms with van der Waals surface area (Å²) < 4.78 is 0. The van der Waals surface area contributed by atoms with Gasteiger partial charge in [-0.3, -0.25) is 4.79 Å². The molecule has 2 aromatic rings. The standard InChI is InChI=1S/C24H30Cl2N2O3/c1-23(2,3)17-9-14(10-18(22(17)31)24(4,5)6)7-8-20(29)28-27-13-15-11-16(25)12-19(26)21(15)30/h9-13,30-31H,7-8H2,1-6H3,(H,28,29)/b27-13+. The summed E-state index contributed by atoms with van der Waals surface area (Å²) in [7, 11) is 0. The number of hydrazone groups is 1. The molecule has 7 heteroatoms. The Morgan fingerprint density at radius 1 is 0.968 bits per heavy atom. The van der Waals surface area contributed by atoms with Crippen LogP contribution >= 0.6 is 23.2 Å². The molecular formula is C24H30Cl2N2O3. The topological polar surface area (TPSA) is 81.9 Å². The van der Waals surface area contributed by atoms with Crippen molar-refractivity contribution in [3.8, 4) is 11.5 Å². The van der Waals surface area contributed by atoms with Gasteiger partial charge in [-0.15, -0.1) is 0 Å². The van der Waals surface area contributed by atoms with E-state index in [2.05, 4.69) is 52.1 Å². The lowest BCUT2D eigenvalue weighted by Gasteiger charge is -2.28. The van der Waals surface area contributed by atoms with Crippen LogP contribution in [0.4, 0.5) is 0 Å². The molecule has 0 aliphatic carbocycles. The Morgan fingerprint density at radius 3 is 2.03 bits per heavy atom. The van der Waals surface area contributed by atoms with Crippen LogP contribution in [-0.4, -0.2) is 22.3 Å². The van der Waals surface area contributed by atoms with Crippen molar-refractivity contribution in [3.63, 3.8) is 0 Å². The number of phenols is 2. The molecule has 2 aromatic carbocycles. The van der Waals surface area contributed by atoms with Crippen molar-refractivity contribution in [3.05, 3.63) is 56.6 Å². The summed E-state index contributed by atoms with van der Waals surface area (Å²) in [5.41, 5.74) is 5.00. The number of hydrogen-bond acceptors (Lipinski definition) is 4. The van der Waals surface area contributed by atoms with E-state index in [0.29, 0.717) is 22.8 Å². The summed E-state index contributed by atoms with van der Waals surface area (Å²) in [6, 6.07) is 6.85. The third-order valence-corrected chi connectivity index (χ3v) is 5.38. The molecule has 0 heterocycles. The zero-order chi connectivity index (χ0) is 23.6. The van der Waals surface area contributed by atoms with Crippen molar-refractivity contribution in [1.82, 2.24) is 5.43 Å². The molecule has 3 N–H and O–H groups in total. The zero-order valence-corrected chi connectivity index (χ0v) is 20.3. The minimum absolute atomic E-state index is 0.108. The van der Waals surface area contributed by atoms with Gasteiger partial charge in [-0.05, 0) is 46.1 Å². The van der Waals surface area contributed by atoms with Crippen LogP contribution < -0.4 is 5.43 Å². The summed E-state index contributed by atoms with van der Waals surface area (Å²) in [6.45, 7) is 12.3. The fourth-order valence-electron chi connectivity index (χ4n) is 3.15. The first kappa shape index (κ1) is 25.0. The van der Waals surface area contributed by atoms with E-state index in [0.717, 1.165) is 16.7 Å². The van der Waals surface area contributed by atoms with Gasteiger partial charge in [0.1, 0.15) is 11.5 Å². The van der Waals surface area contributed by atoms with Gasteiger partial charge in [0.05, 0.1) is 11.2 Å². The third-order valence-electron chi connectivity index (χ3n) is 4.88. The first-order valence-corrected chi connectivity index (χ1v) is 10.8. The number of benzene rings is 2. The van der Waals surface area contributed by atoms with E-state index >= 15 is 0 Å². The number of rotatable bonds is 5. The van der Waals surface area contributed by atoms with Gasteiger partial charge < -0.3 is 10.2 Å². The summed E-state index contributed by atoms with van der Waals surface area (Å²) in [4.78, 5) is 12.3. The molecule has 0 aliphatic heterocycles. The molecule has 168 valence electrons. The van der Waals surface area contributed by atoms with E-state index in [1.165, 1.54) is 18.3 Å². The lowest BCUT2D eigenvalue weighted by Crippen LogP contribution is -2.20. The second-order valence-electron chi connectivity index (χ2n) is 9.66. The van der Waals surface area contributed by atoms with E-state index in [1.54, 1.807) is 0 Å².